The minimum Gasteiger partial charge on any atom is -0.445 e. The molecule has 2 aromatic rings. The maximum atomic E-state index is 12.7. The number of rotatable bonds is 1. The molecule has 0 unspecified atom stereocenters. The fraction of sp³-hybridized carbons (Fsp3) is 0. The van der Waals surface area contributed by atoms with Gasteiger partial charge in [-0.3, -0.25) is 0 Å². The van der Waals surface area contributed by atoms with Crippen molar-refractivity contribution in [1.82, 2.24) is 0 Å². The predicted octanol–water partition coefficient (Wildman–Crippen LogP) is 0.661. The third-order valence-corrected chi connectivity index (χ3v) is 2.95. The van der Waals surface area contributed by atoms with E-state index in [1.807, 2.05) is 0 Å². The summed E-state index contributed by atoms with van der Waals surface area (Å²) < 4.78 is 38.8. The zero-order valence-electron chi connectivity index (χ0n) is 8.55. The van der Waals surface area contributed by atoms with Gasteiger partial charge in [0, 0.05) is 4.47 Å². The second-order valence-electron chi connectivity index (χ2n) is 3.26. The number of fused-ring (bicyclic) bond motifs is 1. The van der Waals surface area contributed by atoms with Gasteiger partial charge in [-0.15, -0.1) is 5.46 Å². The molecule has 78 valence electrons. The second-order valence-corrected chi connectivity index (χ2v) is 4.11. The molecule has 0 fully saturated rings. The minimum atomic E-state index is -4.95. The van der Waals surface area contributed by atoms with Gasteiger partial charge in [0.2, 0.25) is 0 Å². The summed E-state index contributed by atoms with van der Waals surface area (Å²) in [5.74, 6) is 0. The topological polar surface area (TPSA) is 0 Å². The van der Waals surface area contributed by atoms with Crippen molar-refractivity contribution in [2.75, 3.05) is 0 Å². The predicted molar refractivity (Wildman–Crippen MR) is 60.4 cm³/mol. The van der Waals surface area contributed by atoms with Crippen molar-refractivity contribution < 1.29 is 64.3 Å². The van der Waals surface area contributed by atoms with Gasteiger partial charge in [0.25, 0.3) is 0 Å². The van der Waals surface area contributed by atoms with E-state index < -0.39 is 12.4 Å². The maximum absolute atomic E-state index is 12.7. The molecule has 0 spiro atoms. The largest absolute Gasteiger partial charge is 1.00 e. The molecular weight excluding hydrogens is 307 g/mol. The molecule has 0 aliphatic carbocycles. The van der Waals surface area contributed by atoms with Crippen LogP contribution in [0.1, 0.15) is 0 Å². The quantitative estimate of drug-likeness (QED) is 0.679. The van der Waals surface area contributed by atoms with Gasteiger partial charge in [-0.25, -0.2) is 0 Å². The SMILES string of the molecule is F[B-](F)(F)c1ccc(Br)c2ccccc12.[K+]. The molecule has 2 aromatic carbocycles. The molecule has 0 saturated carbocycles. The van der Waals surface area contributed by atoms with Gasteiger partial charge in [0.05, 0.1) is 0 Å². The molecule has 0 heterocycles. The van der Waals surface area contributed by atoms with Crippen LogP contribution < -0.4 is 56.8 Å². The molecule has 6 heteroatoms. The van der Waals surface area contributed by atoms with Crippen molar-refractivity contribution in [1.29, 1.82) is 0 Å². The Kier molecular flexibility index (Phi) is 5.10. The van der Waals surface area contributed by atoms with Gasteiger partial charge < -0.3 is 12.9 Å². The van der Waals surface area contributed by atoms with Crippen LogP contribution >= 0.6 is 15.9 Å². The Hall–Kier alpha value is 0.671. The van der Waals surface area contributed by atoms with Crippen LogP contribution in [0.3, 0.4) is 0 Å². The first kappa shape index (κ1) is 14.7. The molecule has 0 radical (unpaired) electrons. The fourth-order valence-corrected chi connectivity index (χ4v) is 2.05. The maximum Gasteiger partial charge on any atom is 1.00 e. The van der Waals surface area contributed by atoms with Crippen molar-refractivity contribution >= 4 is 39.1 Å². The van der Waals surface area contributed by atoms with Gasteiger partial charge in [-0.2, -0.15) is 0 Å². The van der Waals surface area contributed by atoms with Gasteiger partial charge >= 0.3 is 58.4 Å². The fourth-order valence-electron chi connectivity index (χ4n) is 1.57. The van der Waals surface area contributed by atoms with Crippen LogP contribution in [0.5, 0.6) is 0 Å². The molecule has 0 saturated heterocycles. The van der Waals surface area contributed by atoms with Crippen LogP contribution in [0.15, 0.2) is 40.9 Å². The molecule has 16 heavy (non-hydrogen) atoms. The first-order valence-electron chi connectivity index (χ1n) is 4.37. The average Bonchev–Trinajstić information content (AvgIpc) is 2.17. The van der Waals surface area contributed by atoms with Crippen LogP contribution in [0.2, 0.25) is 0 Å². The normalized spacial score (nSPS) is 11.2. The summed E-state index contributed by atoms with van der Waals surface area (Å²) in [6.07, 6.45) is 0. The monoisotopic (exact) mass is 312 g/mol. The molecule has 0 bridgehead atoms. The van der Waals surface area contributed by atoms with Gasteiger partial charge in [-0.1, -0.05) is 52.3 Å². The Labute approximate surface area is 142 Å². The Morgan fingerprint density at radius 2 is 1.44 bits per heavy atom. The second kappa shape index (κ2) is 5.54. The van der Waals surface area contributed by atoms with E-state index in [1.54, 1.807) is 18.2 Å². The van der Waals surface area contributed by atoms with Gasteiger partial charge in [0.1, 0.15) is 0 Å². The standard InChI is InChI=1S/C10H6BBrF3.K/c12-10-6-5-9(11(13,14)15)7-3-1-2-4-8(7)10;/h1-6H;/q-1;+1. The molecule has 0 N–H and O–H groups in total. The van der Waals surface area contributed by atoms with Crippen molar-refractivity contribution in [3.8, 4) is 0 Å². The zero-order valence-corrected chi connectivity index (χ0v) is 13.3. The number of halogens is 4. The van der Waals surface area contributed by atoms with Crippen molar-refractivity contribution in [3.63, 3.8) is 0 Å². The van der Waals surface area contributed by atoms with E-state index >= 15 is 0 Å². The van der Waals surface area contributed by atoms with Crippen LogP contribution in [0.4, 0.5) is 12.9 Å². The van der Waals surface area contributed by atoms with E-state index in [-0.39, 0.29) is 56.8 Å². The average molecular weight is 313 g/mol. The van der Waals surface area contributed by atoms with E-state index in [9.17, 15) is 12.9 Å². The van der Waals surface area contributed by atoms with Crippen LogP contribution in [-0.2, 0) is 0 Å². The Morgan fingerprint density at radius 3 is 2.00 bits per heavy atom. The summed E-state index contributed by atoms with van der Waals surface area (Å²) in [5, 5.41) is 0.841. The first-order chi connectivity index (χ1) is 7.00. The Morgan fingerprint density at radius 1 is 0.875 bits per heavy atom. The summed E-state index contributed by atoms with van der Waals surface area (Å²) in [7, 11) is 0. The van der Waals surface area contributed by atoms with Crippen molar-refractivity contribution in [3.05, 3.63) is 40.9 Å². The molecular formula is C10H6BBrF3K. The van der Waals surface area contributed by atoms with Crippen LogP contribution in [0.25, 0.3) is 10.8 Å². The summed E-state index contributed by atoms with van der Waals surface area (Å²) in [6.45, 7) is -4.95. The Bertz CT molecular complexity index is 513. The molecule has 0 amide bonds. The van der Waals surface area contributed by atoms with Gasteiger partial charge in [-0.05, 0) is 10.8 Å². The number of hydrogen-bond donors (Lipinski definition) is 0. The first-order valence-corrected chi connectivity index (χ1v) is 5.16. The minimum absolute atomic E-state index is 0. The smallest absolute Gasteiger partial charge is 0.445 e. The molecule has 0 atom stereocenters. The van der Waals surface area contributed by atoms with E-state index in [1.165, 1.54) is 12.1 Å². The van der Waals surface area contributed by atoms with E-state index in [2.05, 4.69) is 15.9 Å². The van der Waals surface area contributed by atoms with E-state index in [4.69, 9.17) is 0 Å². The number of benzene rings is 2. The third-order valence-electron chi connectivity index (χ3n) is 2.26. The zero-order chi connectivity index (χ0) is 11.1. The van der Waals surface area contributed by atoms with Gasteiger partial charge in [0.15, 0.2) is 0 Å². The van der Waals surface area contributed by atoms with E-state index in [0.29, 0.717) is 9.86 Å². The summed E-state index contributed by atoms with van der Waals surface area (Å²) in [4.78, 5) is 0. The molecule has 0 aliphatic rings. The number of hydrogen-bond acceptors (Lipinski definition) is 0. The molecule has 2 rings (SSSR count). The summed E-state index contributed by atoms with van der Waals surface area (Å²) >= 11 is 3.24. The van der Waals surface area contributed by atoms with Crippen molar-refractivity contribution in [2.24, 2.45) is 0 Å². The summed E-state index contributed by atoms with van der Waals surface area (Å²) in [6, 6.07) is 9.05. The third kappa shape index (κ3) is 2.91. The van der Waals surface area contributed by atoms with Crippen LogP contribution in [-0.4, -0.2) is 6.98 Å². The molecule has 0 aliphatic heterocycles. The summed E-state index contributed by atoms with van der Waals surface area (Å²) in [5.41, 5.74) is -0.534. The van der Waals surface area contributed by atoms with Crippen molar-refractivity contribution in [2.45, 2.75) is 0 Å². The van der Waals surface area contributed by atoms with Crippen LogP contribution in [0, 0.1) is 0 Å². The van der Waals surface area contributed by atoms with E-state index in [0.717, 1.165) is 6.07 Å². The molecule has 0 nitrogen and oxygen atoms in total. The molecule has 0 aromatic heterocycles. The Balaban J connectivity index is 0.00000128.